The third-order valence-electron chi connectivity index (χ3n) is 4.56. The molecule has 20 heavy (non-hydrogen) atoms. The highest BCUT2D eigenvalue weighted by Crippen LogP contribution is 2.40. The van der Waals surface area contributed by atoms with Gasteiger partial charge in [0, 0.05) is 13.2 Å². The third kappa shape index (κ3) is 3.29. The summed E-state index contributed by atoms with van der Waals surface area (Å²) in [6.45, 7) is 2.18. The number of allylic oxidation sites excluding steroid dienone is 1. The number of aryl methyl sites for hydroxylation is 1. The molecule has 0 bridgehead atoms. The molecule has 2 rings (SSSR count). The first kappa shape index (κ1) is 14.8. The van der Waals surface area contributed by atoms with Crippen molar-refractivity contribution in [1.82, 2.24) is 0 Å². The van der Waals surface area contributed by atoms with Gasteiger partial charge in [-0.1, -0.05) is 31.2 Å². The van der Waals surface area contributed by atoms with Gasteiger partial charge in [-0.25, -0.2) is 0 Å². The Bertz CT molecular complexity index is 487. The van der Waals surface area contributed by atoms with Gasteiger partial charge in [0.2, 0.25) is 0 Å². The molecule has 1 aliphatic rings. The monoisotopic (exact) mass is 269 g/mol. The molecule has 1 saturated carbocycles. The van der Waals surface area contributed by atoms with Crippen LogP contribution in [0.4, 0.5) is 0 Å². The van der Waals surface area contributed by atoms with Crippen LogP contribution in [0.15, 0.2) is 36.4 Å². The second-order valence-corrected chi connectivity index (χ2v) is 5.60. The van der Waals surface area contributed by atoms with Gasteiger partial charge in [-0.05, 0) is 55.2 Å². The molecule has 0 N–H and O–H groups in total. The average Bonchev–Trinajstić information content (AvgIpc) is 2.53. The van der Waals surface area contributed by atoms with E-state index in [1.54, 1.807) is 13.2 Å². The molecule has 0 unspecified atom stereocenters. The Morgan fingerprint density at radius 1 is 1.30 bits per heavy atom. The van der Waals surface area contributed by atoms with Gasteiger partial charge in [0.1, 0.15) is 0 Å². The van der Waals surface area contributed by atoms with Crippen LogP contribution in [0.25, 0.3) is 0 Å². The van der Waals surface area contributed by atoms with E-state index in [1.807, 2.05) is 6.08 Å². The molecule has 1 aromatic rings. The molecular formula is C18H23NO. The van der Waals surface area contributed by atoms with E-state index in [2.05, 4.69) is 37.3 Å². The summed E-state index contributed by atoms with van der Waals surface area (Å²) in [6, 6.07) is 11.1. The summed E-state index contributed by atoms with van der Waals surface area (Å²) in [5, 5.41) is 8.69. The Kier molecular flexibility index (Phi) is 4.98. The summed E-state index contributed by atoms with van der Waals surface area (Å²) in [5.74, 6) is 0.625. The van der Waals surface area contributed by atoms with Crippen molar-refractivity contribution in [2.75, 3.05) is 7.11 Å². The molecule has 0 heterocycles. The fraction of sp³-hybridized carbons (Fsp3) is 0.500. The largest absolute Gasteiger partial charge is 0.374 e. The van der Waals surface area contributed by atoms with Gasteiger partial charge in [-0.15, -0.1) is 0 Å². The first-order chi connectivity index (χ1) is 9.73. The van der Waals surface area contributed by atoms with E-state index in [9.17, 15) is 0 Å². The van der Waals surface area contributed by atoms with Crippen molar-refractivity contribution >= 4 is 0 Å². The lowest BCUT2D eigenvalue weighted by atomic mass is 9.75. The lowest BCUT2D eigenvalue weighted by Gasteiger charge is -2.37. The van der Waals surface area contributed by atoms with E-state index in [4.69, 9.17) is 10.00 Å². The van der Waals surface area contributed by atoms with Gasteiger partial charge in [0.25, 0.3) is 0 Å². The molecule has 1 aromatic carbocycles. The maximum absolute atomic E-state index is 8.69. The highest BCUT2D eigenvalue weighted by Gasteiger charge is 2.33. The fourth-order valence-electron chi connectivity index (χ4n) is 3.09. The van der Waals surface area contributed by atoms with Crippen LogP contribution in [0.2, 0.25) is 0 Å². The molecule has 0 aliphatic heterocycles. The quantitative estimate of drug-likeness (QED) is 0.760. The van der Waals surface area contributed by atoms with Crippen molar-refractivity contribution < 1.29 is 4.74 Å². The lowest BCUT2D eigenvalue weighted by molar-refractivity contribution is -0.00217. The van der Waals surface area contributed by atoms with Gasteiger partial charge in [0.05, 0.1) is 11.7 Å². The second kappa shape index (κ2) is 6.72. The average molecular weight is 269 g/mol. The van der Waals surface area contributed by atoms with Crippen molar-refractivity contribution in [3.8, 4) is 6.07 Å². The Morgan fingerprint density at radius 2 is 1.95 bits per heavy atom. The highest BCUT2D eigenvalue weighted by molar-refractivity contribution is 5.26. The van der Waals surface area contributed by atoms with E-state index in [1.165, 1.54) is 11.1 Å². The predicted octanol–water partition coefficient (Wildman–Crippen LogP) is 4.37. The zero-order valence-corrected chi connectivity index (χ0v) is 12.4. The summed E-state index contributed by atoms with van der Waals surface area (Å²) in [5.41, 5.74) is 2.61. The lowest BCUT2D eigenvalue weighted by Crippen LogP contribution is -2.33. The van der Waals surface area contributed by atoms with Gasteiger partial charge in [-0.3, -0.25) is 0 Å². The first-order valence-electron chi connectivity index (χ1n) is 7.44. The first-order valence-corrected chi connectivity index (χ1v) is 7.44. The fourth-order valence-corrected chi connectivity index (χ4v) is 3.09. The van der Waals surface area contributed by atoms with Crippen molar-refractivity contribution in [2.45, 2.75) is 50.5 Å². The van der Waals surface area contributed by atoms with Crippen LogP contribution in [0, 0.1) is 11.3 Å². The predicted molar refractivity (Wildman–Crippen MR) is 81.5 cm³/mol. The van der Waals surface area contributed by atoms with Crippen LogP contribution >= 0.6 is 0 Å². The number of benzene rings is 1. The molecule has 2 nitrogen and oxygen atoms in total. The van der Waals surface area contributed by atoms with Crippen LogP contribution in [0.5, 0.6) is 0 Å². The molecular weight excluding hydrogens is 246 g/mol. The van der Waals surface area contributed by atoms with Gasteiger partial charge < -0.3 is 4.74 Å². The van der Waals surface area contributed by atoms with Gasteiger partial charge >= 0.3 is 0 Å². The molecule has 0 atom stereocenters. The van der Waals surface area contributed by atoms with E-state index >= 15 is 0 Å². The number of hydrogen-bond donors (Lipinski definition) is 0. The van der Waals surface area contributed by atoms with Crippen molar-refractivity contribution in [1.29, 1.82) is 5.26 Å². The molecule has 0 saturated heterocycles. The molecule has 0 spiro atoms. The SMILES string of the molecule is CCc1ccc([C@H]2CC[C@@](C=CC#N)(OC)CC2)cc1. The number of ether oxygens (including phenoxy) is 1. The van der Waals surface area contributed by atoms with E-state index in [-0.39, 0.29) is 5.60 Å². The minimum absolute atomic E-state index is 0.227. The summed E-state index contributed by atoms with van der Waals surface area (Å²) in [7, 11) is 1.75. The van der Waals surface area contributed by atoms with Crippen molar-refractivity contribution in [2.24, 2.45) is 0 Å². The van der Waals surface area contributed by atoms with Crippen molar-refractivity contribution in [3.05, 3.63) is 47.5 Å². The molecule has 0 aromatic heterocycles. The zero-order chi connectivity index (χ0) is 14.4. The summed E-state index contributed by atoms with van der Waals surface area (Å²) in [4.78, 5) is 0. The Hall–Kier alpha value is -1.59. The van der Waals surface area contributed by atoms with E-state index in [0.717, 1.165) is 32.1 Å². The Labute approximate surface area is 122 Å². The Balaban J connectivity index is 2.02. The number of nitrogens with zero attached hydrogens (tertiary/aromatic N) is 1. The summed E-state index contributed by atoms with van der Waals surface area (Å²) < 4.78 is 5.66. The standard InChI is InChI=1S/C18H23NO/c1-3-15-5-7-16(8-6-15)17-9-12-18(20-2,13-10-17)11-4-14-19/h4-8,11,17H,3,9-10,12-13H2,1-2H3/t17-,18+. The number of nitriles is 1. The number of rotatable bonds is 4. The van der Waals surface area contributed by atoms with Crippen LogP contribution in [-0.2, 0) is 11.2 Å². The minimum atomic E-state index is -0.227. The molecule has 106 valence electrons. The maximum atomic E-state index is 8.69. The molecule has 0 radical (unpaired) electrons. The Morgan fingerprint density at radius 3 is 2.45 bits per heavy atom. The van der Waals surface area contributed by atoms with Crippen LogP contribution < -0.4 is 0 Å². The summed E-state index contributed by atoms with van der Waals surface area (Å²) >= 11 is 0. The van der Waals surface area contributed by atoms with E-state index < -0.39 is 0 Å². The van der Waals surface area contributed by atoms with Gasteiger partial charge in [-0.2, -0.15) is 5.26 Å². The van der Waals surface area contributed by atoms with E-state index in [0.29, 0.717) is 5.92 Å². The van der Waals surface area contributed by atoms with Crippen molar-refractivity contribution in [3.63, 3.8) is 0 Å². The van der Waals surface area contributed by atoms with Crippen LogP contribution in [-0.4, -0.2) is 12.7 Å². The third-order valence-corrected chi connectivity index (χ3v) is 4.56. The minimum Gasteiger partial charge on any atom is -0.374 e. The molecule has 2 heteroatoms. The summed E-state index contributed by atoms with van der Waals surface area (Å²) in [6.07, 6.45) is 8.80. The zero-order valence-electron chi connectivity index (χ0n) is 12.4. The number of hydrogen-bond acceptors (Lipinski definition) is 2. The maximum Gasteiger partial charge on any atom is 0.0909 e. The molecule has 1 aliphatic carbocycles. The van der Waals surface area contributed by atoms with Crippen LogP contribution in [0.3, 0.4) is 0 Å². The smallest absolute Gasteiger partial charge is 0.0909 e. The van der Waals surface area contributed by atoms with Crippen LogP contribution in [0.1, 0.15) is 49.7 Å². The van der Waals surface area contributed by atoms with Gasteiger partial charge in [0.15, 0.2) is 0 Å². The number of methoxy groups -OCH3 is 1. The topological polar surface area (TPSA) is 33.0 Å². The normalized spacial score (nSPS) is 26.6. The highest BCUT2D eigenvalue weighted by atomic mass is 16.5. The molecule has 0 amide bonds. The second-order valence-electron chi connectivity index (χ2n) is 5.60. The molecule has 1 fully saturated rings.